The molecular formula is C10H8O3S. The Morgan fingerprint density at radius 2 is 2.29 bits per heavy atom. The quantitative estimate of drug-likeness (QED) is 0.732. The number of benzene rings is 1. The summed E-state index contributed by atoms with van der Waals surface area (Å²) in [5.41, 5.74) is 0.375. The van der Waals surface area contributed by atoms with Gasteiger partial charge >= 0.3 is 5.97 Å². The molecule has 4 heteroatoms. The lowest BCUT2D eigenvalue weighted by Crippen LogP contribution is -2.00. The molecule has 0 aliphatic carbocycles. The third-order valence-corrected chi connectivity index (χ3v) is 2.83. The zero-order valence-electron chi connectivity index (χ0n) is 7.48. The zero-order valence-corrected chi connectivity index (χ0v) is 8.30. The predicted octanol–water partition coefficient (Wildman–Crippen LogP) is 2.39. The van der Waals surface area contributed by atoms with Gasteiger partial charge in [-0.05, 0) is 23.6 Å². The smallest absolute Gasteiger partial charge is 0.338 e. The molecule has 1 aromatic heterocycles. The van der Waals surface area contributed by atoms with Gasteiger partial charge in [0.15, 0.2) is 0 Å². The van der Waals surface area contributed by atoms with E-state index in [2.05, 4.69) is 4.74 Å². The standard InChI is InChI=1S/C10H8O3S/c1-13-10(12)6-4-8(11)7-2-3-14-9(7)5-6/h2-5,11H,1H3. The molecular weight excluding hydrogens is 200 g/mol. The van der Waals surface area contributed by atoms with Crippen molar-refractivity contribution in [2.45, 2.75) is 0 Å². The lowest BCUT2D eigenvalue weighted by atomic mass is 10.1. The SMILES string of the molecule is COC(=O)c1cc(O)c2ccsc2c1. The fourth-order valence-electron chi connectivity index (χ4n) is 1.29. The monoisotopic (exact) mass is 208 g/mol. The Labute approximate surface area is 84.6 Å². The first kappa shape index (κ1) is 9.02. The van der Waals surface area contributed by atoms with E-state index in [0.717, 1.165) is 10.1 Å². The number of hydrogen-bond donors (Lipinski definition) is 1. The van der Waals surface area contributed by atoms with E-state index in [4.69, 9.17) is 0 Å². The number of thiophene rings is 1. The van der Waals surface area contributed by atoms with Crippen LogP contribution in [0.15, 0.2) is 23.6 Å². The van der Waals surface area contributed by atoms with E-state index in [9.17, 15) is 9.90 Å². The average Bonchev–Trinajstić information content (AvgIpc) is 2.64. The Morgan fingerprint density at radius 3 is 3.00 bits per heavy atom. The van der Waals surface area contributed by atoms with Crippen LogP contribution in [0.2, 0.25) is 0 Å². The summed E-state index contributed by atoms with van der Waals surface area (Å²) >= 11 is 1.48. The number of aromatic hydroxyl groups is 1. The number of ether oxygens (including phenoxy) is 1. The number of fused-ring (bicyclic) bond motifs is 1. The van der Waals surface area contributed by atoms with Crippen LogP contribution in [0.25, 0.3) is 10.1 Å². The fourth-order valence-corrected chi connectivity index (χ4v) is 2.13. The van der Waals surface area contributed by atoms with Crippen molar-refractivity contribution in [1.29, 1.82) is 0 Å². The van der Waals surface area contributed by atoms with E-state index >= 15 is 0 Å². The molecule has 0 unspecified atom stereocenters. The van der Waals surface area contributed by atoms with Gasteiger partial charge in [-0.1, -0.05) is 0 Å². The Morgan fingerprint density at radius 1 is 1.50 bits per heavy atom. The molecule has 1 aromatic carbocycles. The van der Waals surface area contributed by atoms with Crippen LogP contribution in [0.5, 0.6) is 5.75 Å². The van der Waals surface area contributed by atoms with Gasteiger partial charge in [-0.15, -0.1) is 11.3 Å². The van der Waals surface area contributed by atoms with Crippen molar-refractivity contribution < 1.29 is 14.6 Å². The molecule has 2 rings (SSSR count). The van der Waals surface area contributed by atoms with Crippen LogP contribution in [0, 0.1) is 0 Å². The minimum Gasteiger partial charge on any atom is -0.507 e. The van der Waals surface area contributed by atoms with Gasteiger partial charge in [-0.3, -0.25) is 0 Å². The maximum atomic E-state index is 11.2. The molecule has 0 atom stereocenters. The van der Waals surface area contributed by atoms with E-state index < -0.39 is 5.97 Å². The molecule has 0 saturated carbocycles. The average molecular weight is 208 g/mol. The van der Waals surface area contributed by atoms with E-state index in [0.29, 0.717) is 5.56 Å². The van der Waals surface area contributed by atoms with Crippen molar-refractivity contribution in [3.05, 3.63) is 29.1 Å². The highest BCUT2D eigenvalue weighted by molar-refractivity contribution is 7.17. The highest BCUT2D eigenvalue weighted by Gasteiger charge is 2.10. The van der Waals surface area contributed by atoms with Crippen LogP contribution in [0.4, 0.5) is 0 Å². The zero-order chi connectivity index (χ0) is 10.1. The topological polar surface area (TPSA) is 46.5 Å². The van der Waals surface area contributed by atoms with E-state index in [1.54, 1.807) is 6.07 Å². The van der Waals surface area contributed by atoms with Gasteiger partial charge in [0.05, 0.1) is 12.7 Å². The molecule has 0 radical (unpaired) electrons. The second kappa shape index (κ2) is 3.31. The number of methoxy groups -OCH3 is 1. The van der Waals surface area contributed by atoms with Crippen molar-refractivity contribution in [1.82, 2.24) is 0 Å². The number of rotatable bonds is 1. The third-order valence-electron chi connectivity index (χ3n) is 1.97. The largest absolute Gasteiger partial charge is 0.507 e. The second-order valence-electron chi connectivity index (χ2n) is 2.82. The van der Waals surface area contributed by atoms with Gasteiger partial charge in [-0.25, -0.2) is 4.79 Å². The Hall–Kier alpha value is -1.55. The van der Waals surface area contributed by atoms with Crippen LogP contribution in [0.1, 0.15) is 10.4 Å². The molecule has 2 aromatic rings. The normalized spacial score (nSPS) is 10.4. The van der Waals surface area contributed by atoms with Crippen molar-refractivity contribution in [2.75, 3.05) is 7.11 Å². The van der Waals surface area contributed by atoms with Gasteiger partial charge < -0.3 is 9.84 Å². The number of phenolic OH excluding ortho intramolecular Hbond substituents is 1. The van der Waals surface area contributed by atoms with Crippen LogP contribution < -0.4 is 0 Å². The predicted molar refractivity (Wildman–Crippen MR) is 54.8 cm³/mol. The molecule has 0 spiro atoms. The Balaban J connectivity index is 2.64. The molecule has 0 amide bonds. The molecule has 72 valence electrons. The van der Waals surface area contributed by atoms with Crippen molar-refractivity contribution >= 4 is 27.4 Å². The minimum absolute atomic E-state index is 0.115. The molecule has 0 saturated heterocycles. The van der Waals surface area contributed by atoms with E-state index in [-0.39, 0.29) is 5.75 Å². The van der Waals surface area contributed by atoms with Crippen molar-refractivity contribution in [2.24, 2.45) is 0 Å². The van der Waals surface area contributed by atoms with Crippen LogP contribution in [-0.2, 0) is 4.74 Å². The lowest BCUT2D eigenvalue weighted by Gasteiger charge is -2.00. The number of phenols is 1. The maximum absolute atomic E-state index is 11.2. The summed E-state index contributed by atoms with van der Waals surface area (Å²) in [6.07, 6.45) is 0. The van der Waals surface area contributed by atoms with Crippen LogP contribution >= 0.6 is 11.3 Å². The summed E-state index contributed by atoms with van der Waals surface area (Å²) in [4.78, 5) is 11.2. The van der Waals surface area contributed by atoms with Gasteiger partial charge in [0.2, 0.25) is 0 Å². The van der Waals surface area contributed by atoms with Gasteiger partial charge in [0.25, 0.3) is 0 Å². The molecule has 3 nitrogen and oxygen atoms in total. The maximum Gasteiger partial charge on any atom is 0.338 e. The number of carbonyl (C=O) groups is 1. The van der Waals surface area contributed by atoms with Gasteiger partial charge in [0, 0.05) is 10.1 Å². The molecule has 1 N–H and O–H groups in total. The molecule has 0 fully saturated rings. The molecule has 0 bridgehead atoms. The van der Waals surface area contributed by atoms with Crippen LogP contribution in [0.3, 0.4) is 0 Å². The summed E-state index contributed by atoms with van der Waals surface area (Å²) < 4.78 is 5.45. The summed E-state index contributed by atoms with van der Waals surface area (Å²) in [6, 6.07) is 4.95. The van der Waals surface area contributed by atoms with Crippen molar-refractivity contribution in [3.8, 4) is 5.75 Å². The summed E-state index contributed by atoms with van der Waals surface area (Å²) in [6.45, 7) is 0. The lowest BCUT2D eigenvalue weighted by molar-refractivity contribution is 0.0600. The van der Waals surface area contributed by atoms with Crippen LogP contribution in [-0.4, -0.2) is 18.2 Å². The summed E-state index contributed by atoms with van der Waals surface area (Å²) in [5, 5.41) is 12.2. The molecule has 0 aliphatic rings. The van der Waals surface area contributed by atoms with Gasteiger partial charge in [-0.2, -0.15) is 0 Å². The Kier molecular flexibility index (Phi) is 2.13. The van der Waals surface area contributed by atoms with Crippen molar-refractivity contribution in [3.63, 3.8) is 0 Å². The third kappa shape index (κ3) is 1.33. The second-order valence-corrected chi connectivity index (χ2v) is 3.77. The molecule has 1 heterocycles. The first-order chi connectivity index (χ1) is 6.72. The fraction of sp³-hybridized carbons (Fsp3) is 0.100. The number of carbonyl (C=O) groups excluding carboxylic acids is 1. The highest BCUT2D eigenvalue weighted by atomic mass is 32.1. The first-order valence-corrected chi connectivity index (χ1v) is 4.89. The van der Waals surface area contributed by atoms with E-state index in [1.165, 1.54) is 24.5 Å². The summed E-state index contributed by atoms with van der Waals surface area (Å²) in [7, 11) is 1.32. The highest BCUT2D eigenvalue weighted by Crippen LogP contribution is 2.30. The first-order valence-electron chi connectivity index (χ1n) is 4.01. The number of hydrogen-bond acceptors (Lipinski definition) is 4. The number of esters is 1. The molecule has 0 aliphatic heterocycles. The van der Waals surface area contributed by atoms with E-state index in [1.807, 2.05) is 11.4 Å². The summed E-state index contributed by atoms with van der Waals surface area (Å²) in [5.74, 6) is -0.320. The minimum atomic E-state index is -0.435. The molecule has 14 heavy (non-hydrogen) atoms. The van der Waals surface area contributed by atoms with Gasteiger partial charge in [0.1, 0.15) is 5.75 Å². The Bertz CT molecular complexity index is 487.